The molecule has 2 aromatic heterocycles. The van der Waals surface area contributed by atoms with E-state index in [1.165, 1.54) is 0 Å². The fourth-order valence-electron chi connectivity index (χ4n) is 4.01. The Hall–Kier alpha value is -2.21. The van der Waals surface area contributed by atoms with Crippen LogP contribution in [-0.2, 0) is 11.3 Å². The van der Waals surface area contributed by atoms with Crippen LogP contribution in [0.1, 0.15) is 19.3 Å². The first-order chi connectivity index (χ1) is 13.2. The van der Waals surface area contributed by atoms with Crippen molar-refractivity contribution >= 4 is 32.9 Å². The van der Waals surface area contributed by atoms with Gasteiger partial charge in [0, 0.05) is 41.8 Å². The van der Waals surface area contributed by atoms with Gasteiger partial charge in [0.1, 0.15) is 11.3 Å². The number of hydrogen-bond acceptors (Lipinski definition) is 3. The number of benzene rings is 1. The van der Waals surface area contributed by atoms with E-state index < -0.39 is 0 Å². The van der Waals surface area contributed by atoms with Gasteiger partial charge in [0.05, 0.1) is 11.7 Å². The molecule has 1 aliphatic carbocycles. The van der Waals surface area contributed by atoms with Crippen LogP contribution >= 0.6 is 15.9 Å². The summed E-state index contributed by atoms with van der Waals surface area (Å²) in [6.45, 7) is 2.63. The van der Waals surface area contributed by atoms with E-state index in [4.69, 9.17) is 4.98 Å². The van der Waals surface area contributed by atoms with Gasteiger partial charge in [-0.05, 0) is 43.4 Å². The highest BCUT2D eigenvalue weighted by atomic mass is 79.9. The lowest BCUT2D eigenvalue weighted by Crippen LogP contribution is -2.30. The monoisotopic (exact) mass is 424 g/mol. The predicted octanol–water partition coefficient (Wildman–Crippen LogP) is 4.12. The van der Waals surface area contributed by atoms with Gasteiger partial charge >= 0.3 is 0 Å². The third-order valence-corrected chi connectivity index (χ3v) is 6.15. The van der Waals surface area contributed by atoms with Crippen molar-refractivity contribution in [3.05, 3.63) is 47.2 Å². The number of rotatable bonds is 4. The molecule has 1 atom stereocenters. The number of pyridine rings is 1. The number of fused-ring (bicyclic) bond motifs is 1. The van der Waals surface area contributed by atoms with Crippen LogP contribution in [0.2, 0.25) is 0 Å². The minimum absolute atomic E-state index is 0.308. The minimum atomic E-state index is 0.308. The summed E-state index contributed by atoms with van der Waals surface area (Å²) in [6.07, 6.45) is 6.86. The van der Waals surface area contributed by atoms with Crippen LogP contribution < -0.4 is 0 Å². The maximum atomic E-state index is 12.4. The summed E-state index contributed by atoms with van der Waals surface area (Å²) in [5.74, 6) is 2.11. The van der Waals surface area contributed by atoms with Crippen LogP contribution in [0.25, 0.3) is 22.4 Å². The molecule has 1 saturated carbocycles. The van der Waals surface area contributed by atoms with Gasteiger partial charge in [-0.25, -0.2) is 4.98 Å². The molecule has 5 nitrogen and oxygen atoms in total. The van der Waals surface area contributed by atoms with Crippen LogP contribution in [0.4, 0.5) is 0 Å². The first kappa shape index (κ1) is 16.9. The first-order valence-electron chi connectivity index (χ1n) is 9.54. The normalized spacial score (nSPS) is 19.7. The van der Waals surface area contributed by atoms with Crippen molar-refractivity contribution in [3.8, 4) is 11.4 Å². The second kappa shape index (κ2) is 6.75. The Morgan fingerprint density at radius 3 is 2.74 bits per heavy atom. The summed E-state index contributed by atoms with van der Waals surface area (Å²) >= 11 is 3.50. The highest BCUT2D eigenvalue weighted by Gasteiger charge is 2.36. The van der Waals surface area contributed by atoms with E-state index in [1.54, 1.807) is 0 Å². The Bertz CT molecular complexity index is 993. The average Bonchev–Trinajstić information content (AvgIpc) is 3.33. The van der Waals surface area contributed by atoms with Crippen LogP contribution in [0.3, 0.4) is 0 Å². The van der Waals surface area contributed by atoms with Gasteiger partial charge in [-0.3, -0.25) is 9.78 Å². The third-order valence-electron chi connectivity index (χ3n) is 5.62. The molecule has 1 aromatic carbocycles. The molecule has 0 unspecified atom stereocenters. The number of carbonyl (C=O) groups excluding carboxylic acids is 1. The smallest absolute Gasteiger partial charge is 0.225 e. The number of halogens is 1. The maximum absolute atomic E-state index is 12.4. The fraction of sp³-hybridized carbons (Fsp3) is 0.381. The molecule has 0 N–H and O–H groups in total. The predicted molar refractivity (Wildman–Crippen MR) is 108 cm³/mol. The zero-order valence-electron chi connectivity index (χ0n) is 15.0. The molecule has 1 saturated heterocycles. The topological polar surface area (TPSA) is 51.0 Å². The lowest BCUT2D eigenvalue weighted by Gasteiger charge is -2.17. The van der Waals surface area contributed by atoms with Crippen molar-refractivity contribution in [2.45, 2.75) is 25.8 Å². The summed E-state index contributed by atoms with van der Waals surface area (Å²) in [6, 6.07) is 10.3. The lowest BCUT2D eigenvalue weighted by molar-refractivity contribution is -0.131. The number of amides is 1. The minimum Gasteiger partial charge on any atom is -0.342 e. The molecule has 138 valence electrons. The summed E-state index contributed by atoms with van der Waals surface area (Å²) in [5, 5.41) is 0. The van der Waals surface area contributed by atoms with Crippen LogP contribution in [0.5, 0.6) is 0 Å². The molecule has 2 aliphatic rings. The van der Waals surface area contributed by atoms with Gasteiger partial charge in [0.25, 0.3) is 0 Å². The van der Waals surface area contributed by atoms with Gasteiger partial charge in [0.15, 0.2) is 0 Å². The SMILES string of the molecule is O=C(C1CC1)N1CC[C@H](Cn2c(-c3ccc(Br)cc3)nc3cnccc32)C1. The van der Waals surface area contributed by atoms with Crippen molar-refractivity contribution in [2.75, 3.05) is 13.1 Å². The number of hydrogen-bond donors (Lipinski definition) is 0. The lowest BCUT2D eigenvalue weighted by atomic mass is 10.1. The quantitative estimate of drug-likeness (QED) is 0.632. The molecule has 1 amide bonds. The Morgan fingerprint density at radius 1 is 1.15 bits per heavy atom. The molecule has 6 heteroatoms. The molecular formula is C21H21BrN4O. The standard InChI is InChI=1S/C21H21BrN4O/c22-17-5-3-15(4-6-17)20-24-18-11-23-9-7-19(18)26(20)13-14-8-10-25(12-14)21(27)16-1-2-16/h3-7,9,11,14,16H,1-2,8,10,12-13H2/t14-/m0/s1. The third kappa shape index (κ3) is 3.27. The van der Waals surface area contributed by atoms with Crippen molar-refractivity contribution in [1.82, 2.24) is 19.4 Å². The molecule has 2 fully saturated rings. The number of carbonyl (C=O) groups is 1. The average molecular weight is 425 g/mol. The van der Waals surface area contributed by atoms with Crippen molar-refractivity contribution in [3.63, 3.8) is 0 Å². The second-order valence-electron chi connectivity index (χ2n) is 7.63. The molecule has 3 aromatic rings. The zero-order chi connectivity index (χ0) is 18.4. The number of imidazole rings is 1. The molecule has 3 heterocycles. The summed E-state index contributed by atoms with van der Waals surface area (Å²) in [5.41, 5.74) is 3.12. The Morgan fingerprint density at radius 2 is 1.96 bits per heavy atom. The molecule has 5 rings (SSSR count). The maximum Gasteiger partial charge on any atom is 0.225 e. The zero-order valence-corrected chi connectivity index (χ0v) is 16.6. The van der Waals surface area contributed by atoms with Crippen molar-refractivity contribution in [2.24, 2.45) is 11.8 Å². The number of aromatic nitrogens is 3. The second-order valence-corrected chi connectivity index (χ2v) is 8.55. The number of likely N-dealkylation sites (tertiary alicyclic amines) is 1. The summed E-state index contributed by atoms with van der Waals surface area (Å²) in [7, 11) is 0. The van der Waals surface area contributed by atoms with E-state index in [1.807, 2.05) is 30.6 Å². The fourth-order valence-corrected chi connectivity index (χ4v) is 4.28. The molecular weight excluding hydrogens is 404 g/mol. The molecule has 27 heavy (non-hydrogen) atoms. The van der Waals surface area contributed by atoms with E-state index >= 15 is 0 Å². The highest BCUT2D eigenvalue weighted by molar-refractivity contribution is 9.10. The van der Waals surface area contributed by atoms with Crippen LogP contribution in [0, 0.1) is 11.8 Å². The van der Waals surface area contributed by atoms with E-state index in [0.29, 0.717) is 17.7 Å². The Balaban J connectivity index is 1.46. The molecule has 0 bridgehead atoms. The van der Waals surface area contributed by atoms with E-state index in [0.717, 1.165) is 65.8 Å². The van der Waals surface area contributed by atoms with Crippen molar-refractivity contribution in [1.29, 1.82) is 0 Å². The van der Waals surface area contributed by atoms with Crippen LogP contribution in [-0.4, -0.2) is 38.4 Å². The first-order valence-corrected chi connectivity index (χ1v) is 10.3. The van der Waals surface area contributed by atoms with Gasteiger partial charge in [0.2, 0.25) is 5.91 Å². The molecule has 0 radical (unpaired) electrons. The van der Waals surface area contributed by atoms with Gasteiger partial charge < -0.3 is 9.47 Å². The van der Waals surface area contributed by atoms with Crippen LogP contribution in [0.15, 0.2) is 47.2 Å². The van der Waals surface area contributed by atoms with E-state index in [2.05, 4.69) is 42.5 Å². The number of nitrogens with zero attached hydrogens (tertiary/aromatic N) is 4. The highest BCUT2D eigenvalue weighted by Crippen LogP contribution is 2.34. The molecule has 0 spiro atoms. The van der Waals surface area contributed by atoms with Gasteiger partial charge in [-0.15, -0.1) is 0 Å². The van der Waals surface area contributed by atoms with Crippen molar-refractivity contribution < 1.29 is 4.79 Å². The van der Waals surface area contributed by atoms with E-state index in [-0.39, 0.29) is 0 Å². The van der Waals surface area contributed by atoms with Gasteiger partial charge in [-0.1, -0.05) is 28.1 Å². The Kier molecular flexibility index (Phi) is 4.23. The van der Waals surface area contributed by atoms with Gasteiger partial charge in [-0.2, -0.15) is 0 Å². The summed E-state index contributed by atoms with van der Waals surface area (Å²) < 4.78 is 3.36. The van der Waals surface area contributed by atoms with E-state index in [9.17, 15) is 4.79 Å². The molecule has 1 aliphatic heterocycles. The summed E-state index contributed by atoms with van der Waals surface area (Å²) in [4.78, 5) is 23.5. The Labute approximate surface area is 166 Å². The largest absolute Gasteiger partial charge is 0.342 e.